The molecule has 0 fully saturated rings. The Bertz CT molecular complexity index is 2740. The Hall–Kier alpha value is -6.05. The van der Waals surface area contributed by atoms with Crippen LogP contribution in [0.15, 0.2) is 91.5 Å². The van der Waals surface area contributed by atoms with Crippen LogP contribution in [0.1, 0.15) is 106 Å². The molecule has 6 N–H and O–H groups in total. The standard InChI is InChI=1S/C27H28ClN5O2.C19H17ClN2O3.CH4/c1-15-7-24(29)33-16(2)22(15)14-32-26(34)18-5-6-30-21(12-18)9-17-8-19-11-20(28)13-31-25(19)23(10-17)27(3,4)35;1-19(2,25)16-7-11(5-13-8-14(20)10-22-17(13)16)6-15-9-12(18(23)24)3-4-21-15;/h5-8,10-13,35H,9,14H2,1-4H3,(H2,29,33)(H,32,34);3-5,7-10,25H,6H2,1-2H3,(H,23,24);1H4. The Kier molecular flexibility index (Phi) is 14.1. The van der Waals surface area contributed by atoms with Crippen LogP contribution in [0.25, 0.3) is 21.8 Å². The number of aryl methyl sites for hydroxylation is 2. The zero-order chi connectivity index (χ0) is 43.5. The average molecular weight is 863 g/mol. The third kappa shape index (κ3) is 11.4. The first kappa shape index (κ1) is 46.0. The maximum atomic E-state index is 12.9. The highest BCUT2D eigenvalue weighted by Crippen LogP contribution is 2.32. The number of carboxylic acids is 1. The van der Waals surface area contributed by atoms with Crippen molar-refractivity contribution in [2.45, 2.75) is 79.6 Å². The van der Waals surface area contributed by atoms with Crippen LogP contribution in [0.5, 0.6) is 0 Å². The second-order valence-electron chi connectivity index (χ2n) is 15.7. The van der Waals surface area contributed by atoms with Gasteiger partial charge in [0.1, 0.15) is 5.82 Å². The number of hydrogen-bond donors (Lipinski definition) is 5. The van der Waals surface area contributed by atoms with Crippen molar-refractivity contribution < 1.29 is 24.9 Å². The molecule has 7 aromatic rings. The Morgan fingerprint density at radius 3 is 1.64 bits per heavy atom. The minimum atomic E-state index is -1.09. The highest BCUT2D eigenvalue weighted by atomic mass is 35.5. The highest BCUT2D eigenvalue weighted by molar-refractivity contribution is 6.31. The molecule has 0 aliphatic carbocycles. The van der Waals surface area contributed by atoms with Gasteiger partial charge in [0.25, 0.3) is 5.91 Å². The van der Waals surface area contributed by atoms with Gasteiger partial charge in [-0.2, -0.15) is 0 Å². The van der Waals surface area contributed by atoms with Crippen molar-refractivity contribution in [1.29, 1.82) is 0 Å². The number of amides is 1. The summed E-state index contributed by atoms with van der Waals surface area (Å²) in [4.78, 5) is 45.7. The van der Waals surface area contributed by atoms with Gasteiger partial charge in [-0.1, -0.05) is 42.8 Å². The quantitative estimate of drug-likeness (QED) is 0.0880. The molecule has 0 aliphatic heterocycles. The average Bonchev–Trinajstić information content (AvgIpc) is 3.16. The lowest BCUT2D eigenvalue weighted by Gasteiger charge is -2.21. The van der Waals surface area contributed by atoms with Gasteiger partial charge in [0.15, 0.2) is 0 Å². The molecule has 61 heavy (non-hydrogen) atoms. The van der Waals surface area contributed by atoms with Crippen LogP contribution in [-0.4, -0.2) is 52.1 Å². The van der Waals surface area contributed by atoms with E-state index in [9.17, 15) is 19.8 Å². The summed E-state index contributed by atoms with van der Waals surface area (Å²) in [6, 6.07) is 19.6. The van der Waals surface area contributed by atoms with Crippen LogP contribution in [0, 0.1) is 13.8 Å². The van der Waals surface area contributed by atoms with Gasteiger partial charge in [-0.05, 0) is 118 Å². The molecule has 0 radical (unpaired) electrons. The molecule has 0 bridgehead atoms. The van der Waals surface area contributed by atoms with Gasteiger partial charge in [0.2, 0.25) is 0 Å². The van der Waals surface area contributed by atoms with Gasteiger partial charge in [0.05, 0.1) is 37.8 Å². The summed E-state index contributed by atoms with van der Waals surface area (Å²) in [7, 11) is 0. The number of carbonyl (C=O) groups excluding carboxylic acids is 1. The minimum absolute atomic E-state index is 0. The Labute approximate surface area is 364 Å². The molecule has 14 heteroatoms. The van der Waals surface area contributed by atoms with Crippen LogP contribution >= 0.6 is 23.2 Å². The van der Waals surface area contributed by atoms with Crippen LogP contribution in [0.4, 0.5) is 5.82 Å². The van der Waals surface area contributed by atoms with Crippen molar-refractivity contribution in [2.24, 2.45) is 0 Å². The van der Waals surface area contributed by atoms with E-state index in [0.717, 1.165) is 44.4 Å². The van der Waals surface area contributed by atoms with Gasteiger partial charge < -0.3 is 26.4 Å². The molecule has 0 aliphatic rings. The third-order valence-electron chi connectivity index (χ3n) is 9.85. The summed E-state index contributed by atoms with van der Waals surface area (Å²) in [6.45, 7) is 11.0. The smallest absolute Gasteiger partial charge is 0.335 e. The highest BCUT2D eigenvalue weighted by Gasteiger charge is 2.23. The maximum Gasteiger partial charge on any atom is 0.335 e. The number of fused-ring (bicyclic) bond motifs is 2. The number of benzene rings is 2. The largest absolute Gasteiger partial charge is 0.478 e. The molecule has 0 unspecified atom stereocenters. The minimum Gasteiger partial charge on any atom is -0.478 e. The molecule has 0 atom stereocenters. The Morgan fingerprint density at radius 2 is 1.18 bits per heavy atom. The number of halogens is 2. The first-order chi connectivity index (χ1) is 28.2. The van der Waals surface area contributed by atoms with E-state index in [4.69, 9.17) is 34.0 Å². The van der Waals surface area contributed by atoms with Crippen molar-refractivity contribution in [1.82, 2.24) is 30.2 Å². The van der Waals surface area contributed by atoms with Crippen LogP contribution in [-0.2, 0) is 30.6 Å². The van der Waals surface area contributed by atoms with Crippen LogP contribution in [0.2, 0.25) is 10.0 Å². The van der Waals surface area contributed by atoms with Gasteiger partial charge in [-0.15, -0.1) is 0 Å². The number of carbonyl (C=O) groups is 2. The molecule has 7 rings (SSSR count). The molecule has 12 nitrogen and oxygen atoms in total. The number of anilines is 1. The summed E-state index contributed by atoms with van der Waals surface area (Å²) in [5.41, 5.74) is 13.1. The summed E-state index contributed by atoms with van der Waals surface area (Å²) in [6.07, 6.45) is 7.15. The van der Waals surface area contributed by atoms with Crippen molar-refractivity contribution in [3.8, 4) is 0 Å². The second-order valence-corrected chi connectivity index (χ2v) is 16.6. The molecule has 316 valence electrons. The number of aromatic carboxylic acids is 1. The second kappa shape index (κ2) is 18.7. The van der Waals surface area contributed by atoms with Gasteiger partial charge in [-0.3, -0.25) is 24.7 Å². The molecule has 0 saturated carbocycles. The lowest BCUT2D eigenvalue weighted by atomic mass is 9.92. The van der Waals surface area contributed by atoms with E-state index in [2.05, 4.69) is 30.2 Å². The molecule has 1 amide bonds. The maximum absolute atomic E-state index is 12.9. The SMILES string of the molecule is C.CC(C)(O)c1cc(Cc2cc(C(=O)O)ccn2)cc2cc(Cl)cnc12.Cc1cc(N)nc(C)c1CNC(=O)c1ccnc(Cc2cc(C(C)(C)O)c3ncc(Cl)cc3c2)c1. The van der Waals surface area contributed by atoms with Gasteiger partial charge in [-0.25, -0.2) is 9.78 Å². The van der Waals surface area contributed by atoms with E-state index in [0.29, 0.717) is 68.7 Å². The van der Waals surface area contributed by atoms with Crippen molar-refractivity contribution >= 4 is 62.7 Å². The molecule has 0 spiro atoms. The summed E-state index contributed by atoms with van der Waals surface area (Å²) in [5, 5.41) is 36.0. The first-order valence-electron chi connectivity index (χ1n) is 19.0. The number of aromatic nitrogens is 5. The molecular formula is C47H49Cl2N7O5. The molecule has 5 aromatic heterocycles. The number of rotatable bonds is 10. The van der Waals surface area contributed by atoms with E-state index < -0.39 is 17.2 Å². The number of carboxylic acid groups (broad SMARTS) is 1. The zero-order valence-electron chi connectivity index (χ0n) is 34.0. The summed E-state index contributed by atoms with van der Waals surface area (Å²) >= 11 is 12.2. The van der Waals surface area contributed by atoms with Gasteiger partial charge >= 0.3 is 5.97 Å². The van der Waals surface area contributed by atoms with E-state index in [1.807, 2.05) is 44.2 Å². The topological polar surface area (TPSA) is 197 Å². The van der Waals surface area contributed by atoms with Crippen molar-refractivity contribution in [3.05, 3.63) is 163 Å². The third-order valence-corrected chi connectivity index (χ3v) is 10.3. The lowest BCUT2D eigenvalue weighted by molar-refractivity contribution is 0.0695. The van der Waals surface area contributed by atoms with Crippen molar-refractivity contribution in [2.75, 3.05) is 5.73 Å². The normalized spacial score (nSPS) is 11.4. The number of nitrogens with one attached hydrogen (secondary N) is 1. The number of aliphatic hydroxyl groups is 2. The Balaban J connectivity index is 0.000000240. The molecular weight excluding hydrogens is 813 g/mol. The molecule has 0 saturated heterocycles. The van der Waals surface area contributed by atoms with Gasteiger partial charge in [0, 0.05) is 88.7 Å². The fraction of sp³-hybridized carbons (Fsp3) is 0.255. The monoisotopic (exact) mass is 861 g/mol. The predicted molar refractivity (Wildman–Crippen MR) is 241 cm³/mol. The molecule has 5 heterocycles. The van der Waals surface area contributed by atoms with Crippen molar-refractivity contribution in [3.63, 3.8) is 0 Å². The van der Waals surface area contributed by atoms with E-state index >= 15 is 0 Å². The van der Waals surface area contributed by atoms with E-state index in [1.54, 1.807) is 76.6 Å². The predicted octanol–water partition coefficient (Wildman–Crippen LogP) is 9.06. The van der Waals surface area contributed by atoms with E-state index in [-0.39, 0.29) is 18.9 Å². The number of nitrogens with two attached hydrogens (primary N) is 1. The number of nitrogen functional groups attached to an aromatic ring is 1. The zero-order valence-corrected chi connectivity index (χ0v) is 35.5. The lowest BCUT2D eigenvalue weighted by Crippen LogP contribution is -2.24. The summed E-state index contributed by atoms with van der Waals surface area (Å²) < 4.78 is 0. The Morgan fingerprint density at radius 1 is 0.705 bits per heavy atom. The number of nitrogens with zero attached hydrogens (tertiary/aromatic N) is 5. The number of hydrogen-bond acceptors (Lipinski definition) is 10. The summed E-state index contributed by atoms with van der Waals surface area (Å²) in [5.74, 6) is -0.723. The van der Waals surface area contributed by atoms with Crippen LogP contribution in [0.3, 0.4) is 0 Å². The first-order valence-corrected chi connectivity index (χ1v) is 19.8. The van der Waals surface area contributed by atoms with E-state index in [1.165, 1.54) is 12.3 Å². The fourth-order valence-electron chi connectivity index (χ4n) is 6.98. The van der Waals surface area contributed by atoms with Crippen LogP contribution < -0.4 is 11.1 Å². The molecule has 2 aromatic carbocycles. The fourth-order valence-corrected chi connectivity index (χ4v) is 7.31. The number of pyridine rings is 5.